The van der Waals surface area contributed by atoms with Crippen LogP contribution in [0.3, 0.4) is 0 Å². The highest BCUT2D eigenvalue weighted by atomic mass is 16.6. The Morgan fingerprint density at radius 2 is 2.45 bits per heavy atom. The van der Waals surface area contributed by atoms with Crippen molar-refractivity contribution in [2.45, 2.75) is 25.4 Å². The number of nitrogens with one attached hydrogen (secondary N) is 1. The number of aromatic nitrogens is 3. The summed E-state index contributed by atoms with van der Waals surface area (Å²) in [5.41, 5.74) is 0. The van der Waals surface area contributed by atoms with Gasteiger partial charge in [-0.05, 0) is 12.8 Å². The number of hydrogen-bond donors (Lipinski definition) is 2. The van der Waals surface area contributed by atoms with Crippen LogP contribution in [0.5, 0.6) is 0 Å². The third-order valence-corrected chi connectivity index (χ3v) is 1.71. The molecule has 3 N–H and O–H groups in total. The molecule has 0 amide bonds. The molecular weight excluding hydrogens is 144 g/mol. The number of nitrogens with zero attached hydrogens (tertiary/aromatic N) is 2. The van der Waals surface area contributed by atoms with Crippen molar-refractivity contribution < 1.29 is 4.84 Å². The maximum absolute atomic E-state index is 4.87. The smallest absolute Gasteiger partial charge is 0.153 e. The maximum Gasteiger partial charge on any atom is 0.153 e. The number of H-pyrrole nitrogens is 1. The van der Waals surface area contributed by atoms with Gasteiger partial charge >= 0.3 is 0 Å². The average molecular weight is 154 g/mol. The first-order valence-corrected chi connectivity index (χ1v) is 3.63. The Bertz CT molecular complexity index is 242. The van der Waals surface area contributed by atoms with Crippen molar-refractivity contribution in [3.05, 3.63) is 11.6 Å². The summed E-state index contributed by atoms with van der Waals surface area (Å²) in [4.78, 5) is 8.60. The molecule has 1 fully saturated rings. The number of rotatable bonds is 3. The minimum absolute atomic E-state index is 0.305. The molecule has 1 aliphatic rings. The third kappa shape index (κ3) is 1.38. The lowest BCUT2D eigenvalue weighted by molar-refractivity contribution is 0.118. The van der Waals surface area contributed by atoms with Gasteiger partial charge in [-0.3, -0.25) is 9.94 Å². The summed E-state index contributed by atoms with van der Waals surface area (Å²) < 4.78 is 0. The van der Waals surface area contributed by atoms with Gasteiger partial charge in [0.25, 0.3) is 0 Å². The molecule has 1 saturated carbocycles. The largest absolute Gasteiger partial charge is 0.297 e. The van der Waals surface area contributed by atoms with Crippen molar-refractivity contribution in [3.8, 4) is 0 Å². The highest BCUT2D eigenvalue weighted by Crippen LogP contribution is 2.37. The van der Waals surface area contributed by atoms with Gasteiger partial charge in [0.15, 0.2) is 11.6 Å². The van der Waals surface area contributed by atoms with Crippen LogP contribution in [0.2, 0.25) is 0 Å². The number of aromatic amines is 1. The van der Waals surface area contributed by atoms with E-state index in [9.17, 15) is 0 Å². The van der Waals surface area contributed by atoms with E-state index in [0.717, 1.165) is 5.82 Å². The van der Waals surface area contributed by atoms with Crippen LogP contribution in [0, 0.1) is 0 Å². The zero-order valence-electron chi connectivity index (χ0n) is 6.08. The summed E-state index contributed by atoms with van der Waals surface area (Å²) in [5.74, 6) is 7.06. The molecule has 0 radical (unpaired) electrons. The number of hydrogen-bond acceptors (Lipinski definition) is 4. The quantitative estimate of drug-likeness (QED) is 0.604. The summed E-state index contributed by atoms with van der Waals surface area (Å²) in [6.07, 6.45) is 2.42. The van der Waals surface area contributed by atoms with Gasteiger partial charge in [0.05, 0.1) is 0 Å². The van der Waals surface area contributed by atoms with Gasteiger partial charge < -0.3 is 0 Å². The summed E-state index contributed by atoms with van der Waals surface area (Å²) in [6.45, 7) is 0.305. The molecule has 0 aliphatic heterocycles. The van der Waals surface area contributed by atoms with Gasteiger partial charge in [-0.25, -0.2) is 10.9 Å². The van der Waals surface area contributed by atoms with Crippen LogP contribution in [0.1, 0.15) is 30.4 Å². The molecule has 1 aromatic rings. The van der Waals surface area contributed by atoms with E-state index in [4.69, 9.17) is 5.90 Å². The Hall–Kier alpha value is -0.940. The standard InChI is InChI=1S/C6H10N4O/c7-11-3-5-8-6(10-9-5)4-1-2-4/h4H,1-3,7H2,(H,8,9,10). The molecule has 2 rings (SSSR count). The first kappa shape index (κ1) is 6.75. The van der Waals surface area contributed by atoms with Gasteiger partial charge in [0.1, 0.15) is 6.61 Å². The van der Waals surface area contributed by atoms with E-state index in [1.807, 2.05) is 0 Å². The lowest BCUT2D eigenvalue weighted by Crippen LogP contribution is -2.00. The SMILES string of the molecule is NOCc1nc(C2CC2)n[nH]1. The first-order valence-electron chi connectivity index (χ1n) is 3.63. The fourth-order valence-corrected chi connectivity index (χ4v) is 0.978. The fraction of sp³-hybridized carbons (Fsp3) is 0.667. The van der Waals surface area contributed by atoms with Crippen molar-refractivity contribution in [3.63, 3.8) is 0 Å². The minimum Gasteiger partial charge on any atom is -0.297 e. The molecule has 11 heavy (non-hydrogen) atoms. The summed E-state index contributed by atoms with van der Waals surface area (Å²) in [5, 5.41) is 6.79. The van der Waals surface area contributed by atoms with E-state index in [2.05, 4.69) is 20.0 Å². The molecule has 0 bridgehead atoms. The monoisotopic (exact) mass is 154 g/mol. The van der Waals surface area contributed by atoms with Gasteiger partial charge in [0.2, 0.25) is 0 Å². The van der Waals surface area contributed by atoms with E-state index in [0.29, 0.717) is 18.3 Å². The summed E-state index contributed by atoms with van der Waals surface area (Å²) >= 11 is 0. The zero-order valence-corrected chi connectivity index (χ0v) is 6.08. The molecule has 1 aromatic heterocycles. The van der Waals surface area contributed by atoms with E-state index >= 15 is 0 Å². The molecule has 0 aromatic carbocycles. The van der Waals surface area contributed by atoms with Crippen LogP contribution >= 0.6 is 0 Å². The van der Waals surface area contributed by atoms with Crippen molar-refractivity contribution in [2.75, 3.05) is 0 Å². The molecule has 60 valence electrons. The van der Waals surface area contributed by atoms with Gasteiger partial charge in [-0.15, -0.1) is 0 Å². The van der Waals surface area contributed by atoms with Crippen LogP contribution in [0.4, 0.5) is 0 Å². The second-order valence-electron chi connectivity index (χ2n) is 2.73. The minimum atomic E-state index is 0.305. The van der Waals surface area contributed by atoms with Crippen LogP contribution in [-0.2, 0) is 11.4 Å². The van der Waals surface area contributed by atoms with Crippen LogP contribution < -0.4 is 5.90 Å². The molecule has 1 heterocycles. The topological polar surface area (TPSA) is 76.8 Å². The summed E-state index contributed by atoms with van der Waals surface area (Å²) in [6, 6.07) is 0. The molecule has 0 unspecified atom stereocenters. The Labute approximate surface area is 63.9 Å². The van der Waals surface area contributed by atoms with Crippen molar-refractivity contribution in [2.24, 2.45) is 5.90 Å². The third-order valence-electron chi connectivity index (χ3n) is 1.71. The van der Waals surface area contributed by atoms with Gasteiger partial charge in [0, 0.05) is 5.92 Å². The second kappa shape index (κ2) is 2.60. The van der Waals surface area contributed by atoms with Crippen molar-refractivity contribution in [1.82, 2.24) is 15.2 Å². The molecule has 5 heteroatoms. The Balaban J connectivity index is 2.06. The van der Waals surface area contributed by atoms with Gasteiger partial charge in [-0.2, -0.15) is 5.10 Å². The fourth-order valence-electron chi connectivity index (χ4n) is 0.978. The van der Waals surface area contributed by atoms with Crippen LogP contribution in [0.25, 0.3) is 0 Å². The zero-order chi connectivity index (χ0) is 7.68. The molecule has 0 saturated heterocycles. The van der Waals surface area contributed by atoms with E-state index in [1.54, 1.807) is 0 Å². The second-order valence-corrected chi connectivity index (χ2v) is 2.73. The Morgan fingerprint density at radius 1 is 1.64 bits per heavy atom. The lowest BCUT2D eigenvalue weighted by Gasteiger charge is -1.88. The van der Waals surface area contributed by atoms with Crippen molar-refractivity contribution >= 4 is 0 Å². The van der Waals surface area contributed by atoms with E-state index in [1.165, 1.54) is 12.8 Å². The Morgan fingerprint density at radius 3 is 3.09 bits per heavy atom. The molecular formula is C6H10N4O. The first-order chi connectivity index (χ1) is 5.40. The molecule has 5 nitrogen and oxygen atoms in total. The van der Waals surface area contributed by atoms with Gasteiger partial charge in [-0.1, -0.05) is 0 Å². The molecule has 1 aliphatic carbocycles. The molecule has 0 spiro atoms. The Kier molecular flexibility index (Phi) is 1.59. The normalized spacial score (nSPS) is 17.2. The predicted molar refractivity (Wildman–Crippen MR) is 37.3 cm³/mol. The van der Waals surface area contributed by atoms with Crippen LogP contribution in [0.15, 0.2) is 0 Å². The van der Waals surface area contributed by atoms with E-state index in [-0.39, 0.29) is 0 Å². The molecule has 0 atom stereocenters. The maximum atomic E-state index is 4.87. The van der Waals surface area contributed by atoms with E-state index < -0.39 is 0 Å². The average Bonchev–Trinajstić information content (AvgIpc) is 2.75. The summed E-state index contributed by atoms with van der Waals surface area (Å²) in [7, 11) is 0. The highest BCUT2D eigenvalue weighted by molar-refractivity contribution is 5.04. The lowest BCUT2D eigenvalue weighted by atomic mass is 10.4. The van der Waals surface area contributed by atoms with Crippen molar-refractivity contribution in [1.29, 1.82) is 0 Å². The highest BCUT2D eigenvalue weighted by Gasteiger charge is 2.27. The number of nitrogens with two attached hydrogens (primary N) is 1. The predicted octanol–water partition coefficient (Wildman–Crippen LogP) is 0.0724. The van der Waals surface area contributed by atoms with Crippen LogP contribution in [-0.4, -0.2) is 15.2 Å².